The summed E-state index contributed by atoms with van der Waals surface area (Å²) in [4.78, 5) is 42.5. The van der Waals surface area contributed by atoms with Crippen LogP contribution in [0.25, 0.3) is 0 Å². The number of quaternary nitrogens is 1. The standard InChI is InChI=1S/C25H30N2O5/c1-16-15-17(11-12-19(16)31-4)23(28)21-22(18-9-6-7-10-20(18)32-5)27(25(30)24(21)29)14-8-13-26(2)3/h6-7,9-12,15,21-22H,8,13-14H2,1-5H3/p+1. The fourth-order valence-electron chi connectivity index (χ4n) is 4.30. The van der Waals surface area contributed by atoms with Crippen LogP contribution in [0.2, 0.25) is 0 Å². The van der Waals surface area contributed by atoms with Crippen LogP contribution < -0.4 is 14.4 Å². The molecule has 1 heterocycles. The van der Waals surface area contributed by atoms with Crippen LogP contribution in [0.4, 0.5) is 0 Å². The van der Waals surface area contributed by atoms with E-state index in [1.807, 2.05) is 39.2 Å². The summed E-state index contributed by atoms with van der Waals surface area (Å²) in [6.45, 7) is 3.07. The molecular weight excluding hydrogens is 408 g/mol. The van der Waals surface area contributed by atoms with Gasteiger partial charge in [0.25, 0.3) is 5.91 Å². The Morgan fingerprint density at radius 2 is 1.72 bits per heavy atom. The van der Waals surface area contributed by atoms with Gasteiger partial charge < -0.3 is 19.3 Å². The third kappa shape index (κ3) is 4.53. The van der Waals surface area contributed by atoms with E-state index in [0.717, 1.165) is 18.5 Å². The van der Waals surface area contributed by atoms with E-state index in [1.54, 1.807) is 43.4 Å². The van der Waals surface area contributed by atoms with Crippen LogP contribution in [0.15, 0.2) is 42.5 Å². The summed E-state index contributed by atoms with van der Waals surface area (Å²) in [5.74, 6) is -1.57. The number of rotatable bonds is 9. The van der Waals surface area contributed by atoms with Crippen LogP contribution in [0, 0.1) is 12.8 Å². The number of amides is 1. The molecule has 3 rings (SSSR count). The van der Waals surface area contributed by atoms with Crippen molar-refractivity contribution in [3.8, 4) is 11.5 Å². The first-order valence-corrected chi connectivity index (χ1v) is 10.8. The van der Waals surface area contributed by atoms with Gasteiger partial charge in [-0.25, -0.2) is 0 Å². The summed E-state index contributed by atoms with van der Waals surface area (Å²) in [7, 11) is 7.18. The molecule has 0 radical (unpaired) electrons. The summed E-state index contributed by atoms with van der Waals surface area (Å²) in [6, 6.07) is 11.6. The normalized spacial score (nSPS) is 18.4. The highest BCUT2D eigenvalue weighted by molar-refractivity contribution is 6.44. The van der Waals surface area contributed by atoms with Crippen LogP contribution >= 0.6 is 0 Å². The lowest BCUT2D eigenvalue weighted by molar-refractivity contribution is -0.858. The lowest BCUT2D eigenvalue weighted by Crippen LogP contribution is -3.05. The molecule has 1 fully saturated rings. The number of hydrogen-bond acceptors (Lipinski definition) is 5. The molecule has 0 aliphatic carbocycles. The van der Waals surface area contributed by atoms with Crippen molar-refractivity contribution in [1.29, 1.82) is 0 Å². The van der Waals surface area contributed by atoms with Crippen molar-refractivity contribution in [2.75, 3.05) is 41.4 Å². The molecule has 2 aromatic rings. The van der Waals surface area contributed by atoms with Gasteiger partial charge in [0.2, 0.25) is 5.78 Å². The Kier molecular flexibility index (Phi) is 7.30. The minimum atomic E-state index is -1.13. The maximum absolute atomic E-state index is 13.6. The number of para-hydroxylation sites is 1. The maximum atomic E-state index is 13.6. The SMILES string of the molecule is COc1ccc(C(=O)C2C(=O)C(=O)N(CCC[NH+](C)C)C2c2ccccc2OC)cc1C. The van der Waals surface area contributed by atoms with Gasteiger partial charge in [0.15, 0.2) is 5.78 Å². The fraction of sp³-hybridized carbons (Fsp3) is 0.400. The zero-order valence-electron chi connectivity index (χ0n) is 19.3. The summed E-state index contributed by atoms with van der Waals surface area (Å²) in [5.41, 5.74) is 1.83. The minimum absolute atomic E-state index is 0.370. The number of hydrogen-bond donors (Lipinski definition) is 1. The molecule has 2 unspecified atom stereocenters. The van der Waals surface area contributed by atoms with Gasteiger partial charge in [0, 0.05) is 24.1 Å². The number of ketones is 2. The third-order valence-electron chi connectivity index (χ3n) is 5.90. The van der Waals surface area contributed by atoms with Crippen molar-refractivity contribution >= 4 is 17.5 Å². The van der Waals surface area contributed by atoms with Gasteiger partial charge in [-0.2, -0.15) is 0 Å². The predicted molar refractivity (Wildman–Crippen MR) is 120 cm³/mol. The van der Waals surface area contributed by atoms with Gasteiger partial charge >= 0.3 is 0 Å². The second-order valence-electron chi connectivity index (χ2n) is 8.39. The van der Waals surface area contributed by atoms with E-state index in [9.17, 15) is 14.4 Å². The Hall–Kier alpha value is -3.19. The van der Waals surface area contributed by atoms with Gasteiger partial charge in [0.1, 0.15) is 17.4 Å². The van der Waals surface area contributed by atoms with E-state index < -0.39 is 23.7 Å². The minimum Gasteiger partial charge on any atom is -0.496 e. The molecule has 7 heteroatoms. The molecule has 2 atom stereocenters. The van der Waals surface area contributed by atoms with Gasteiger partial charge in [-0.05, 0) is 36.8 Å². The number of nitrogens with zero attached hydrogens (tertiary/aromatic N) is 1. The molecule has 1 aliphatic heterocycles. The monoisotopic (exact) mass is 439 g/mol. The second kappa shape index (κ2) is 9.96. The number of likely N-dealkylation sites (tertiary alicyclic amines) is 1. The fourth-order valence-corrected chi connectivity index (χ4v) is 4.30. The first kappa shape index (κ1) is 23.5. The van der Waals surface area contributed by atoms with Crippen molar-refractivity contribution in [1.82, 2.24) is 4.90 Å². The van der Waals surface area contributed by atoms with Crippen LogP contribution in [0.5, 0.6) is 11.5 Å². The molecule has 1 amide bonds. The number of ether oxygens (including phenoxy) is 2. The highest BCUT2D eigenvalue weighted by atomic mass is 16.5. The maximum Gasteiger partial charge on any atom is 0.291 e. The van der Waals surface area contributed by atoms with Crippen molar-refractivity contribution < 1.29 is 28.8 Å². The van der Waals surface area contributed by atoms with Crippen molar-refractivity contribution in [3.05, 3.63) is 59.2 Å². The Bertz CT molecular complexity index is 1020. The lowest BCUT2D eigenvalue weighted by Gasteiger charge is -2.28. The van der Waals surface area contributed by atoms with E-state index in [1.165, 1.54) is 4.90 Å². The Balaban J connectivity index is 2.05. The second-order valence-corrected chi connectivity index (χ2v) is 8.39. The number of Topliss-reactive ketones (excluding diaryl/α,β-unsaturated/α-hetero) is 2. The Morgan fingerprint density at radius 1 is 1.03 bits per heavy atom. The number of carbonyl (C=O) groups is 3. The van der Waals surface area contributed by atoms with Crippen molar-refractivity contribution in [2.45, 2.75) is 19.4 Å². The van der Waals surface area contributed by atoms with Gasteiger partial charge in [-0.15, -0.1) is 0 Å². The topological polar surface area (TPSA) is 77.4 Å². The van der Waals surface area contributed by atoms with Gasteiger partial charge in [0.05, 0.1) is 40.9 Å². The Labute approximate surface area is 188 Å². The smallest absolute Gasteiger partial charge is 0.291 e. The number of methoxy groups -OCH3 is 2. The van der Waals surface area contributed by atoms with Gasteiger partial charge in [-0.3, -0.25) is 14.4 Å². The molecule has 32 heavy (non-hydrogen) atoms. The van der Waals surface area contributed by atoms with E-state index in [0.29, 0.717) is 29.2 Å². The summed E-state index contributed by atoms with van der Waals surface area (Å²) in [6.07, 6.45) is 0.718. The average molecular weight is 440 g/mol. The quantitative estimate of drug-likeness (QED) is 0.364. The Morgan fingerprint density at radius 3 is 2.34 bits per heavy atom. The molecular formula is C25H31N2O5+. The molecule has 7 nitrogen and oxygen atoms in total. The highest BCUT2D eigenvalue weighted by Crippen LogP contribution is 2.42. The van der Waals surface area contributed by atoms with E-state index in [4.69, 9.17) is 9.47 Å². The highest BCUT2D eigenvalue weighted by Gasteiger charge is 2.52. The zero-order chi connectivity index (χ0) is 23.4. The first-order valence-electron chi connectivity index (χ1n) is 10.8. The summed E-state index contributed by atoms with van der Waals surface area (Å²) in [5, 5.41) is 0. The van der Waals surface area contributed by atoms with Crippen LogP contribution in [-0.4, -0.2) is 63.8 Å². The van der Waals surface area contributed by atoms with E-state index in [2.05, 4.69) is 0 Å². The molecule has 1 saturated heterocycles. The molecule has 0 aromatic heterocycles. The number of nitrogens with one attached hydrogen (secondary N) is 1. The summed E-state index contributed by atoms with van der Waals surface area (Å²) < 4.78 is 10.8. The molecule has 0 spiro atoms. The van der Waals surface area contributed by atoms with E-state index in [-0.39, 0.29) is 5.78 Å². The number of aryl methyl sites for hydroxylation is 1. The van der Waals surface area contributed by atoms with Crippen LogP contribution in [0.1, 0.15) is 33.9 Å². The van der Waals surface area contributed by atoms with Crippen LogP contribution in [0.3, 0.4) is 0 Å². The number of carbonyl (C=O) groups excluding carboxylic acids is 3. The molecule has 2 aromatic carbocycles. The summed E-state index contributed by atoms with van der Waals surface area (Å²) >= 11 is 0. The van der Waals surface area contributed by atoms with Gasteiger partial charge in [-0.1, -0.05) is 18.2 Å². The van der Waals surface area contributed by atoms with Crippen molar-refractivity contribution in [3.63, 3.8) is 0 Å². The number of benzene rings is 2. The lowest BCUT2D eigenvalue weighted by atomic mass is 9.85. The molecule has 0 saturated carbocycles. The molecule has 1 aliphatic rings. The van der Waals surface area contributed by atoms with Crippen molar-refractivity contribution in [2.24, 2.45) is 5.92 Å². The third-order valence-corrected chi connectivity index (χ3v) is 5.90. The zero-order valence-corrected chi connectivity index (χ0v) is 19.3. The predicted octanol–water partition coefficient (Wildman–Crippen LogP) is 1.50. The molecule has 0 bridgehead atoms. The first-order chi connectivity index (χ1) is 15.3. The van der Waals surface area contributed by atoms with E-state index >= 15 is 0 Å². The largest absolute Gasteiger partial charge is 0.496 e. The average Bonchev–Trinajstić information content (AvgIpc) is 3.03. The molecule has 170 valence electrons. The van der Waals surface area contributed by atoms with Crippen LogP contribution in [-0.2, 0) is 9.59 Å². The molecule has 1 N–H and O–H groups in total.